The molecule has 0 N–H and O–H groups in total. The molecule has 17 aromatic rings. The molecule has 0 radical (unpaired) electrons. The number of nitriles is 1. The second kappa shape index (κ2) is 15.3. The second-order valence-electron chi connectivity index (χ2n) is 19.4. The minimum Gasteiger partial charge on any atom is -0.454 e. The van der Waals surface area contributed by atoms with Crippen LogP contribution in [0.1, 0.15) is 24.8 Å². The Hall–Kier alpha value is -10.4. The first-order chi connectivity index (χ1) is 42.2. The minimum atomic E-state index is -0.660. The molecule has 0 aliphatic carbocycles. The van der Waals surface area contributed by atoms with Crippen molar-refractivity contribution in [2.45, 2.75) is 6.92 Å². The van der Waals surface area contributed by atoms with Crippen LogP contribution in [0, 0.1) is 24.8 Å². The van der Waals surface area contributed by atoms with Crippen molar-refractivity contribution in [3.8, 4) is 28.8 Å². The number of aryl methyl sites for hydroxylation is 1. The van der Waals surface area contributed by atoms with Gasteiger partial charge in [-0.05, 0) is 67.5 Å². The largest absolute Gasteiger partial charge is 0.454 e. The maximum Gasteiger partial charge on any atom is 0.237 e. The topological polar surface area (TPSA) is 61.0 Å². The SMILES string of the molecule is [2H]c1c([2H])c([2H])c2c(oc3c2c([2H])c([2H])c2c4c([2H])c([2H])c([2H])c([2H])c4n(-c4c(C#N)c(-n5c6ccccc6c6ccccc65)c(-n5c6ccc(C)cc6c6ccc7c8ccccc8sc7c65)c(-n5c6ccccc6c6ccccc65)c4[N+]#[C-])c32)c1[2H]. The van der Waals surface area contributed by atoms with Crippen LogP contribution in [0.4, 0.5) is 5.69 Å². The molecule has 11 aromatic carbocycles. The van der Waals surface area contributed by atoms with Crippen molar-refractivity contribution in [2.75, 3.05) is 0 Å². The first-order valence-corrected chi connectivity index (χ1v) is 25.8. The quantitative estimate of drug-likeness (QED) is 0.165. The highest BCUT2D eigenvalue weighted by Crippen LogP contribution is 2.54. The summed E-state index contributed by atoms with van der Waals surface area (Å²) >= 11 is 1.65. The predicted octanol–water partition coefficient (Wildman–Crippen LogP) is 19.1. The van der Waals surface area contributed by atoms with Gasteiger partial charge in [0.2, 0.25) is 5.69 Å². The van der Waals surface area contributed by atoms with Gasteiger partial charge in [0.25, 0.3) is 0 Å². The predicted molar refractivity (Wildman–Crippen MR) is 320 cm³/mol. The van der Waals surface area contributed by atoms with Gasteiger partial charge >= 0.3 is 0 Å². The van der Waals surface area contributed by atoms with E-state index in [1.165, 1.54) is 4.57 Å². The van der Waals surface area contributed by atoms with Gasteiger partial charge in [0.1, 0.15) is 11.7 Å². The van der Waals surface area contributed by atoms with Gasteiger partial charge in [-0.1, -0.05) is 157 Å². The number of hydrogen-bond acceptors (Lipinski definition) is 3. The van der Waals surface area contributed by atoms with Crippen molar-refractivity contribution in [3.05, 3.63) is 235 Å². The standard InChI is InChI=1S/C69H38N6OS/c1-39-31-36-58-51(37-39)48-33-35-50-46-23-9-16-30-60(46)77-69(50)65(48)75(58)67-63(72-53-24-10-3-17-40(53)41-18-4-11-25-54(41)72)52(38-70)62(61(71-2)66(67)73-55-26-12-5-19-42(55)43-20-6-13-27-56(43)73)74-57-28-14-7-21-44(57)47-32-34-49-45-22-8-15-29-59(45)76-68(49)64(47)74/h3-37H,1H3/i7D,8D,14D,15D,21D,22D,28D,29D,32D,34D. The summed E-state index contributed by atoms with van der Waals surface area (Å²) in [5.41, 5.74) is 4.89. The normalized spacial score (nSPS) is 14.0. The van der Waals surface area contributed by atoms with E-state index in [1.807, 2.05) is 121 Å². The molecule has 0 bridgehead atoms. The summed E-state index contributed by atoms with van der Waals surface area (Å²) in [6, 6.07) is 47.2. The van der Waals surface area contributed by atoms with E-state index in [4.69, 9.17) is 9.90 Å². The van der Waals surface area contributed by atoms with Crippen LogP contribution in [-0.2, 0) is 0 Å². The lowest BCUT2D eigenvalue weighted by atomic mass is 10.0. The highest BCUT2D eigenvalue weighted by Gasteiger charge is 2.35. The highest BCUT2D eigenvalue weighted by molar-refractivity contribution is 7.26. The molecule has 77 heavy (non-hydrogen) atoms. The van der Waals surface area contributed by atoms with Crippen LogP contribution in [-0.4, -0.2) is 18.3 Å². The molecule has 0 aliphatic rings. The van der Waals surface area contributed by atoms with E-state index in [1.54, 1.807) is 11.3 Å². The summed E-state index contributed by atoms with van der Waals surface area (Å²) in [6.45, 7) is 12.0. The van der Waals surface area contributed by atoms with Crippen LogP contribution >= 0.6 is 11.3 Å². The first-order valence-electron chi connectivity index (χ1n) is 30.0. The Morgan fingerprint density at radius 2 is 1.03 bits per heavy atom. The average Bonchev–Trinajstić information content (AvgIpc) is 1.56. The molecule has 0 spiro atoms. The number of aromatic nitrogens is 4. The second-order valence-corrected chi connectivity index (χ2v) is 20.5. The molecule has 0 amide bonds. The molecule has 0 saturated carbocycles. The number of fused-ring (bicyclic) bond motifs is 20. The summed E-state index contributed by atoms with van der Waals surface area (Å²) < 4.78 is 110. The Morgan fingerprint density at radius 1 is 0.468 bits per heavy atom. The molecule has 0 unspecified atom stereocenters. The van der Waals surface area contributed by atoms with Gasteiger partial charge in [0.15, 0.2) is 5.58 Å². The van der Waals surface area contributed by atoms with Crippen LogP contribution in [0.3, 0.4) is 0 Å². The zero-order valence-electron chi connectivity index (χ0n) is 50.4. The van der Waals surface area contributed by atoms with Crippen molar-refractivity contribution >= 4 is 146 Å². The minimum absolute atomic E-state index is 0.126. The van der Waals surface area contributed by atoms with E-state index in [0.717, 1.165) is 69.1 Å². The van der Waals surface area contributed by atoms with Crippen LogP contribution in [0.2, 0.25) is 0 Å². The molecule has 0 fully saturated rings. The fraction of sp³-hybridized carbons (Fsp3) is 0.0145. The number of rotatable bonds is 4. The molecule has 356 valence electrons. The molecule has 0 aliphatic heterocycles. The van der Waals surface area contributed by atoms with Crippen LogP contribution in [0.25, 0.3) is 157 Å². The fourth-order valence-corrected chi connectivity index (χ4v) is 13.7. The van der Waals surface area contributed by atoms with E-state index >= 15 is 0 Å². The van der Waals surface area contributed by atoms with E-state index in [-0.39, 0.29) is 72.1 Å². The molecule has 17 rings (SSSR count). The lowest BCUT2D eigenvalue weighted by molar-refractivity contribution is 0.671. The van der Waals surface area contributed by atoms with E-state index in [0.29, 0.717) is 27.8 Å². The highest BCUT2D eigenvalue weighted by atomic mass is 32.1. The van der Waals surface area contributed by atoms with Crippen LogP contribution in [0.5, 0.6) is 0 Å². The third-order valence-corrected chi connectivity index (χ3v) is 16.7. The van der Waals surface area contributed by atoms with Crippen molar-refractivity contribution in [1.29, 1.82) is 5.26 Å². The number of thiophene rings is 1. The average molecular weight is 1010 g/mol. The van der Waals surface area contributed by atoms with Crippen molar-refractivity contribution in [2.24, 2.45) is 0 Å². The van der Waals surface area contributed by atoms with Gasteiger partial charge in [-0.3, -0.25) is 0 Å². The monoisotopic (exact) mass is 1010 g/mol. The van der Waals surface area contributed by atoms with Gasteiger partial charge in [-0.15, -0.1) is 11.3 Å². The van der Waals surface area contributed by atoms with Crippen LogP contribution in [0.15, 0.2) is 217 Å². The number of furan rings is 1. The third kappa shape index (κ3) is 5.41. The van der Waals surface area contributed by atoms with E-state index in [2.05, 4.69) is 62.5 Å². The fourth-order valence-electron chi connectivity index (χ4n) is 12.5. The third-order valence-electron chi connectivity index (χ3n) is 15.5. The molecule has 0 saturated heterocycles. The Kier molecular flexibility index (Phi) is 6.67. The Balaban J connectivity index is 1.24. The van der Waals surface area contributed by atoms with Crippen molar-refractivity contribution in [1.82, 2.24) is 18.3 Å². The van der Waals surface area contributed by atoms with E-state index in [9.17, 15) is 20.1 Å². The molecule has 7 nitrogen and oxygen atoms in total. The number of nitrogens with zero attached hydrogens (tertiary/aromatic N) is 6. The maximum atomic E-state index is 12.9. The van der Waals surface area contributed by atoms with Gasteiger partial charge in [0.05, 0.1) is 97.4 Å². The van der Waals surface area contributed by atoms with Gasteiger partial charge in [-0.2, -0.15) is 5.26 Å². The first kappa shape index (κ1) is 33.4. The molecular weight excluding hydrogens is 961 g/mol. The maximum absolute atomic E-state index is 12.9. The lowest BCUT2D eigenvalue weighted by Gasteiger charge is -2.27. The summed E-state index contributed by atoms with van der Waals surface area (Å²) in [4.78, 5) is 4.63. The summed E-state index contributed by atoms with van der Waals surface area (Å²) in [7, 11) is 0. The Labute approximate surface area is 456 Å². The van der Waals surface area contributed by atoms with Gasteiger partial charge in [-0.25, -0.2) is 4.85 Å². The Bertz CT molecular complexity index is 5950. The molecule has 0 atom stereocenters. The summed E-state index contributed by atoms with van der Waals surface area (Å²) in [5, 5.41) is 19.4. The molecule has 6 heterocycles. The number of benzene rings is 11. The smallest absolute Gasteiger partial charge is 0.237 e. The summed E-state index contributed by atoms with van der Waals surface area (Å²) in [5.74, 6) is 0. The number of hydrogen-bond donors (Lipinski definition) is 0. The lowest BCUT2D eigenvalue weighted by Crippen LogP contribution is -2.14. The number of para-hydroxylation sites is 6. The molecule has 8 heteroatoms. The van der Waals surface area contributed by atoms with Crippen molar-refractivity contribution < 1.29 is 18.1 Å². The van der Waals surface area contributed by atoms with Gasteiger partial charge < -0.3 is 22.7 Å². The summed E-state index contributed by atoms with van der Waals surface area (Å²) in [6.07, 6.45) is 0. The van der Waals surface area contributed by atoms with Gasteiger partial charge in [0, 0.05) is 69.3 Å². The van der Waals surface area contributed by atoms with Crippen LogP contribution < -0.4 is 0 Å². The van der Waals surface area contributed by atoms with E-state index < -0.39 is 60.4 Å². The zero-order valence-corrected chi connectivity index (χ0v) is 41.3. The molecule has 6 aromatic heterocycles. The zero-order chi connectivity index (χ0) is 59.5. The van der Waals surface area contributed by atoms with Crippen molar-refractivity contribution in [3.63, 3.8) is 0 Å². The molecular formula is C69H38N6OS. The Morgan fingerprint density at radius 3 is 1.70 bits per heavy atom.